The van der Waals surface area contributed by atoms with Crippen LogP contribution >= 0.6 is 0 Å². The van der Waals surface area contributed by atoms with Crippen molar-refractivity contribution in [2.75, 3.05) is 0 Å². The van der Waals surface area contributed by atoms with E-state index >= 15 is 0 Å². The second kappa shape index (κ2) is 18.5. The van der Waals surface area contributed by atoms with Crippen molar-refractivity contribution in [1.29, 1.82) is 0 Å². The molecule has 0 amide bonds. The van der Waals surface area contributed by atoms with Crippen molar-refractivity contribution in [2.45, 2.75) is 133 Å². The molecule has 4 aromatic carbocycles. The van der Waals surface area contributed by atoms with E-state index in [1.54, 1.807) is 43.8 Å². The van der Waals surface area contributed by atoms with Gasteiger partial charge in [-0.3, -0.25) is 0 Å². The largest absolute Gasteiger partial charge is 2.00 e. The van der Waals surface area contributed by atoms with Crippen LogP contribution in [0.4, 0.5) is 0 Å². The first-order chi connectivity index (χ1) is 20.3. The Hall–Kier alpha value is -0.877. The van der Waals surface area contributed by atoms with Gasteiger partial charge >= 0.3 is 26.2 Å². The predicted molar refractivity (Wildman–Crippen MR) is 179 cm³/mol. The van der Waals surface area contributed by atoms with Crippen molar-refractivity contribution < 1.29 is 51.0 Å². The van der Waals surface area contributed by atoms with Crippen LogP contribution in [0.3, 0.4) is 0 Å². The average Bonchev–Trinajstić information content (AvgIpc) is 3.86. The number of hydrogen-bond acceptors (Lipinski definition) is 0. The van der Waals surface area contributed by atoms with E-state index < -0.39 is 0 Å². The molecule has 0 nitrogen and oxygen atoms in total. The van der Waals surface area contributed by atoms with Gasteiger partial charge in [-0.05, 0) is 49.4 Å². The molecule has 238 valence electrons. The molecule has 4 aromatic rings. The fourth-order valence-corrected chi connectivity index (χ4v) is 8.94. The van der Waals surface area contributed by atoms with E-state index in [1.165, 1.54) is 103 Å². The third kappa shape index (κ3) is 8.33. The summed E-state index contributed by atoms with van der Waals surface area (Å²) in [5.41, 5.74) is 6.55. The van der Waals surface area contributed by atoms with Crippen LogP contribution in [0, 0.1) is 13.8 Å². The Labute approximate surface area is 300 Å². The van der Waals surface area contributed by atoms with Crippen LogP contribution in [0.2, 0.25) is 0 Å². The standard InChI is InChI=1S/2C19H23.C3H6.2ClH.Zr/c2*1-2-7-14(6-1)16-12-13-17(15-8-3-4-9-15)19-11-5-10-18(16)19;1-3-2;;;/h2*5,10-15H,1-4,6-9H2;1-3H2;2*1H;/q2*-1;-2;;;+2/p-2. The minimum atomic E-state index is 0. The van der Waals surface area contributed by atoms with Crippen molar-refractivity contribution >= 4 is 21.5 Å². The Kier molecular flexibility index (Phi) is 15.8. The van der Waals surface area contributed by atoms with Crippen molar-refractivity contribution in [2.24, 2.45) is 0 Å². The minimum absolute atomic E-state index is 0. The summed E-state index contributed by atoms with van der Waals surface area (Å²) in [5, 5.41) is 6.26. The van der Waals surface area contributed by atoms with Crippen LogP contribution < -0.4 is 24.8 Å². The third-order valence-corrected chi connectivity index (χ3v) is 10.9. The van der Waals surface area contributed by atoms with Crippen molar-refractivity contribution in [3.05, 3.63) is 96.8 Å². The summed E-state index contributed by atoms with van der Waals surface area (Å²) in [4.78, 5) is 0. The monoisotopic (exact) mass is 704 g/mol. The maximum Gasteiger partial charge on any atom is 2.00 e. The van der Waals surface area contributed by atoms with E-state index in [9.17, 15) is 0 Å². The molecule has 0 bridgehead atoms. The van der Waals surface area contributed by atoms with Gasteiger partial charge in [0, 0.05) is 0 Å². The van der Waals surface area contributed by atoms with Gasteiger partial charge in [-0.2, -0.15) is 24.3 Å². The molecule has 0 heterocycles. The molecule has 4 fully saturated rings. The fourth-order valence-electron chi connectivity index (χ4n) is 8.94. The van der Waals surface area contributed by atoms with E-state index in [2.05, 4.69) is 74.5 Å². The Bertz CT molecular complexity index is 1170. The van der Waals surface area contributed by atoms with Crippen LogP contribution in [0.1, 0.15) is 155 Å². The predicted octanol–water partition coefficient (Wildman–Crippen LogP) is 6.80. The maximum absolute atomic E-state index is 3.38. The third-order valence-electron chi connectivity index (χ3n) is 10.9. The molecule has 4 aliphatic rings. The average molecular weight is 707 g/mol. The van der Waals surface area contributed by atoms with Gasteiger partial charge in [-0.15, -0.1) is 56.9 Å². The smallest absolute Gasteiger partial charge is 1.00 e. The number of benzene rings is 2. The molecule has 0 spiro atoms. The maximum atomic E-state index is 3.38. The first kappa shape index (κ1) is 37.6. The molecule has 4 aliphatic carbocycles. The number of hydrogen-bond donors (Lipinski definition) is 0. The van der Waals surface area contributed by atoms with E-state index in [4.69, 9.17) is 0 Å². The number of rotatable bonds is 4. The minimum Gasteiger partial charge on any atom is -1.00 e. The summed E-state index contributed by atoms with van der Waals surface area (Å²) in [5.74, 6) is 3.34. The van der Waals surface area contributed by atoms with E-state index in [1.807, 2.05) is 0 Å². The van der Waals surface area contributed by atoms with Crippen molar-refractivity contribution in [3.8, 4) is 0 Å². The molecule has 0 N–H and O–H groups in total. The summed E-state index contributed by atoms with van der Waals surface area (Å²) < 4.78 is 0. The summed E-state index contributed by atoms with van der Waals surface area (Å²) in [6, 6.07) is 23.8. The van der Waals surface area contributed by atoms with E-state index in [0.29, 0.717) is 0 Å². The molecular weight excluding hydrogens is 655 g/mol. The zero-order valence-corrected chi connectivity index (χ0v) is 30.7. The van der Waals surface area contributed by atoms with Gasteiger partial charge in [0.15, 0.2) is 0 Å². The summed E-state index contributed by atoms with van der Waals surface area (Å²) in [6.45, 7) is 6.75. The zero-order valence-electron chi connectivity index (χ0n) is 26.8. The van der Waals surface area contributed by atoms with Crippen LogP contribution in [0.15, 0.2) is 60.7 Å². The molecule has 0 atom stereocenters. The van der Waals surface area contributed by atoms with Crippen LogP contribution in [-0.4, -0.2) is 0 Å². The number of fused-ring (bicyclic) bond motifs is 2. The topological polar surface area (TPSA) is 0 Å². The van der Waals surface area contributed by atoms with Gasteiger partial charge in [0.1, 0.15) is 0 Å². The van der Waals surface area contributed by atoms with Crippen LogP contribution in [0.25, 0.3) is 21.5 Å². The Morgan fingerprint density at radius 1 is 0.455 bits per heavy atom. The number of halogens is 2. The van der Waals surface area contributed by atoms with Gasteiger partial charge in [-0.25, -0.2) is 0 Å². The quantitative estimate of drug-likeness (QED) is 0.205. The molecular formula is C41H52Cl2Zr-4. The van der Waals surface area contributed by atoms with Gasteiger partial charge in [-0.1, -0.05) is 100 Å². The second-order valence-corrected chi connectivity index (χ2v) is 13.5. The summed E-state index contributed by atoms with van der Waals surface area (Å²) in [7, 11) is 0. The van der Waals surface area contributed by atoms with Gasteiger partial charge in [0.25, 0.3) is 0 Å². The van der Waals surface area contributed by atoms with Crippen molar-refractivity contribution in [1.82, 2.24) is 0 Å². The Balaban J connectivity index is 0.000000208. The normalized spacial score (nSPS) is 19.1. The second-order valence-electron chi connectivity index (χ2n) is 13.5. The molecule has 3 heteroatoms. The SMILES string of the molecule is [CH2-]C[CH2-].[Cl-].[Cl-].[Zr+2].c1cc2c(C3CCCC3)ccc(C3CCCC3)c2[cH-]1.c1cc2c(C3CCCC3)ccc(C3CCCC3)c2[cH-]1. The summed E-state index contributed by atoms with van der Waals surface area (Å²) >= 11 is 0. The van der Waals surface area contributed by atoms with Crippen LogP contribution in [0.5, 0.6) is 0 Å². The van der Waals surface area contributed by atoms with E-state index in [0.717, 1.165) is 30.1 Å². The van der Waals surface area contributed by atoms with E-state index in [-0.39, 0.29) is 51.0 Å². The Morgan fingerprint density at radius 2 is 0.705 bits per heavy atom. The molecule has 0 radical (unpaired) electrons. The van der Waals surface area contributed by atoms with Gasteiger partial charge in [0.2, 0.25) is 0 Å². The summed E-state index contributed by atoms with van der Waals surface area (Å²) in [6.07, 6.45) is 23.4. The molecule has 4 saturated carbocycles. The molecule has 44 heavy (non-hydrogen) atoms. The van der Waals surface area contributed by atoms with Gasteiger partial charge in [0.05, 0.1) is 0 Å². The molecule has 0 saturated heterocycles. The molecule has 0 aliphatic heterocycles. The Morgan fingerprint density at radius 3 is 1.00 bits per heavy atom. The molecule has 0 aromatic heterocycles. The fraction of sp³-hybridized carbons (Fsp3) is 0.512. The molecule has 0 unspecified atom stereocenters. The van der Waals surface area contributed by atoms with Crippen molar-refractivity contribution in [3.63, 3.8) is 0 Å². The zero-order chi connectivity index (χ0) is 28.0. The molecule has 8 rings (SSSR count). The first-order valence-electron chi connectivity index (χ1n) is 17.2. The van der Waals surface area contributed by atoms with Crippen LogP contribution in [-0.2, 0) is 26.2 Å². The van der Waals surface area contributed by atoms with Gasteiger partial charge < -0.3 is 45.1 Å². The first-order valence-corrected chi connectivity index (χ1v) is 17.2.